The smallest absolute Gasteiger partial charge is 0.421 e. The van der Waals surface area contributed by atoms with E-state index in [4.69, 9.17) is 21.1 Å². The second-order valence-electron chi connectivity index (χ2n) is 10.9. The van der Waals surface area contributed by atoms with Crippen molar-refractivity contribution in [3.8, 4) is 11.5 Å². The third-order valence-electron chi connectivity index (χ3n) is 7.19. The van der Waals surface area contributed by atoms with Gasteiger partial charge in [-0.15, -0.1) is 0 Å². The Morgan fingerprint density at radius 3 is 2.02 bits per heavy atom. The topological polar surface area (TPSA) is 130 Å². The van der Waals surface area contributed by atoms with Gasteiger partial charge in [0.1, 0.15) is 17.1 Å². The summed E-state index contributed by atoms with van der Waals surface area (Å²) < 4.78 is 11.0. The maximum atomic E-state index is 14.2. The van der Waals surface area contributed by atoms with Gasteiger partial charge < -0.3 is 19.7 Å². The number of esters is 1. The van der Waals surface area contributed by atoms with E-state index < -0.39 is 47.1 Å². The highest BCUT2D eigenvalue weighted by Gasteiger charge is 2.54. The number of nitrogens with zero attached hydrogens (tertiary/aromatic N) is 1. The first kappa shape index (κ1) is 28.2. The minimum atomic E-state index is -1.36. The zero-order valence-corrected chi connectivity index (χ0v) is 23.6. The lowest BCUT2D eigenvalue weighted by molar-refractivity contribution is -0.151. The molecule has 5 rings (SSSR count). The Morgan fingerprint density at radius 1 is 0.927 bits per heavy atom. The minimum Gasteiger partial charge on any atom is -0.507 e. The first-order chi connectivity index (χ1) is 19.4. The number of hydrogen-bond donors (Lipinski definition) is 2. The van der Waals surface area contributed by atoms with Crippen molar-refractivity contribution in [1.29, 1.82) is 0 Å². The fourth-order valence-electron chi connectivity index (χ4n) is 5.75. The number of fused-ring (bicyclic) bond motifs is 3. The molecule has 9 nitrogen and oxygen atoms in total. The molecule has 0 saturated carbocycles. The second kappa shape index (κ2) is 10.2. The van der Waals surface area contributed by atoms with Crippen molar-refractivity contribution < 1.29 is 38.9 Å². The minimum absolute atomic E-state index is 0.0210. The third kappa shape index (κ3) is 4.60. The van der Waals surface area contributed by atoms with Gasteiger partial charge in [0.25, 0.3) is 0 Å². The van der Waals surface area contributed by atoms with E-state index in [1.165, 1.54) is 30.3 Å². The molecule has 0 fully saturated rings. The van der Waals surface area contributed by atoms with E-state index in [-0.39, 0.29) is 56.6 Å². The monoisotopic (exact) mass is 577 g/mol. The van der Waals surface area contributed by atoms with Crippen LogP contribution in [0.15, 0.2) is 54.6 Å². The number of halogens is 1. The SMILES string of the molecule is CCOC(=O)[C@@H](C1c2cccc(O)c2C(=O)c2c(O)cccc21)[C@H]1C(=O)N(C(=O)OC(C)(C)C)c2cccc(Cl)c21. The first-order valence-corrected chi connectivity index (χ1v) is 13.5. The van der Waals surface area contributed by atoms with Crippen LogP contribution in [-0.4, -0.2) is 46.2 Å². The van der Waals surface area contributed by atoms with Crippen molar-refractivity contribution in [2.75, 3.05) is 11.5 Å². The Kier molecular flexibility index (Phi) is 7.03. The summed E-state index contributed by atoms with van der Waals surface area (Å²) in [5.41, 5.74) is -0.208. The van der Waals surface area contributed by atoms with Crippen LogP contribution in [0.1, 0.15) is 72.1 Å². The normalized spacial score (nSPS) is 17.0. The van der Waals surface area contributed by atoms with Gasteiger partial charge >= 0.3 is 12.1 Å². The molecule has 2 atom stereocenters. The molecule has 41 heavy (non-hydrogen) atoms. The summed E-state index contributed by atoms with van der Waals surface area (Å²) in [6.07, 6.45) is -0.939. The summed E-state index contributed by atoms with van der Waals surface area (Å²) in [5.74, 6) is -6.62. The predicted molar refractivity (Wildman–Crippen MR) is 150 cm³/mol. The number of carbonyl (C=O) groups excluding carboxylic acids is 4. The Labute approximate surface area is 241 Å². The lowest BCUT2D eigenvalue weighted by Crippen LogP contribution is -2.43. The van der Waals surface area contributed by atoms with Gasteiger partial charge in [-0.1, -0.05) is 41.9 Å². The van der Waals surface area contributed by atoms with Gasteiger partial charge in [0.2, 0.25) is 11.7 Å². The zero-order valence-electron chi connectivity index (χ0n) is 22.8. The van der Waals surface area contributed by atoms with Crippen molar-refractivity contribution in [3.05, 3.63) is 87.4 Å². The number of hydrogen-bond acceptors (Lipinski definition) is 8. The molecule has 1 aliphatic carbocycles. The van der Waals surface area contributed by atoms with Gasteiger partial charge in [0.15, 0.2) is 0 Å². The number of amides is 2. The van der Waals surface area contributed by atoms with Crippen molar-refractivity contribution in [2.45, 2.75) is 45.1 Å². The molecule has 1 aliphatic heterocycles. The van der Waals surface area contributed by atoms with Crippen LogP contribution in [0.4, 0.5) is 10.5 Å². The molecule has 0 bridgehead atoms. The number of aromatic hydroxyl groups is 2. The van der Waals surface area contributed by atoms with Gasteiger partial charge in [-0.2, -0.15) is 0 Å². The largest absolute Gasteiger partial charge is 0.507 e. The lowest BCUT2D eigenvalue weighted by atomic mass is 9.66. The van der Waals surface area contributed by atoms with E-state index in [2.05, 4.69) is 0 Å². The molecule has 212 valence electrons. The van der Waals surface area contributed by atoms with E-state index in [9.17, 15) is 29.4 Å². The molecule has 0 radical (unpaired) electrons. The van der Waals surface area contributed by atoms with Crippen LogP contribution in [0.25, 0.3) is 0 Å². The van der Waals surface area contributed by atoms with Crippen molar-refractivity contribution in [1.82, 2.24) is 0 Å². The van der Waals surface area contributed by atoms with Crippen LogP contribution in [0.3, 0.4) is 0 Å². The Hall–Kier alpha value is -4.37. The van der Waals surface area contributed by atoms with E-state index in [0.29, 0.717) is 0 Å². The Bertz CT molecular complexity index is 1550. The maximum absolute atomic E-state index is 14.2. The molecular formula is C31H28ClNO8. The number of imide groups is 1. The molecule has 1 heterocycles. The molecule has 3 aromatic rings. The van der Waals surface area contributed by atoms with Crippen LogP contribution < -0.4 is 4.90 Å². The number of anilines is 1. The van der Waals surface area contributed by atoms with E-state index >= 15 is 0 Å². The van der Waals surface area contributed by atoms with Crippen molar-refractivity contribution in [2.24, 2.45) is 5.92 Å². The van der Waals surface area contributed by atoms with Gasteiger partial charge in [-0.05, 0) is 63.1 Å². The number of ether oxygens (including phenoxy) is 2. The fourth-order valence-corrected chi connectivity index (χ4v) is 6.04. The molecule has 0 saturated heterocycles. The third-order valence-corrected chi connectivity index (χ3v) is 7.52. The van der Waals surface area contributed by atoms with Crippen LogP contribution in [-0.2, 0) is 19.1 Å². The molecular weight excluding hydrogens is 550 g/mol. The maximum Gasteiger partial charge on any atom is 0.421 e. The van der Waals surface area contributed by atoms with E-state index in [1.807, 2.05) is 0 Å². The van der Waals surface area contributed by atoms with Crippen LogP contribution >= 0.6 is 11.6 Å². The van der Waals surface area contributed by atoms with Crippen molar-refractivity contribution in [3.63, 3.8) is 0 Å². The van der Waals surface area contributed by atoms with Crippen molar-refractivity contribution >= 4 is 41.0 Å². The first-order valence-electron chi connectivity index (χ1n) is 13.1. The number of rotatable bonds is 4. The zero-order chi connectivity index (χ0) is 29.8. The Balaban J connectivity index is 1.79. The highest BCUT2D eigenvalue weighted by Crippen LogP contribution is 2.54. The Morgan fingerprint density at radius 2 is 1.49 bits per heavy atom. The number of ketones is 1. The summed E-state index contributed by atoms with van der Waals surface area (Å²) in [5, 5.41) is 21.6. The molecule has 2 N–H and O–H groups in total. The molecule has 10 heteroatoms. The van der Waals surface area contributed by atoms with E-state index in [1.54, 1.807) is 52.0 Å². The number of phenolic OH excluding ortho intramolecular Hbond substituents is 2. The van der Waals surface area contributed by atoms with Gasteiger partial charge in [0.05, 0.1) is 35.3 Å². The summed E-state index contributed by atoms with van der Waals surface area (Å²) >= 11 is 6.65. The molecule has 0 spiro atoms. The molecule has 2 amide bonds. The van der Waals surface area contributed by atoms with Gasteiger partial charge in [-0.25, -0.2) is 9.69 Å². The lowest BCUT2D eigenvalue weighted by Gasteiger charge is -2.35. The van der Waals surface area contributed by atoms with Crippen LogP contribution in [0.2, 0.25) is 5.02 Å². The van der Waals surface area contributed by atoms with Gasteiger partial charge in [0, 0.05) is 16.5 Å². The molecule has 0 unspecified atom stereocenters. The predicted octanol–water partition coefficient (Wildman–Crippen LogP) is 5.67. The summed E-state index contributed by atoms with van der Waals surface area (Å²) in [6.45, 7) is 6.58. The average Bonchev–Trinajstić information content (AvgIpc) is 3.18. The quantitative estimate of drug-likeness (QED) is 0.379. The summed E-state index contributed by atoms with van der Waals surface area (Å²) in [6, 6.07) is 13.5. The second-order valence-corrected chi connectivity index (χ2v) is 11.3. The van der Waals surface area contributed by atoms with Gasteiger partial charge in [-0.3, -0.25) is 14.4 Å². The average molecular weight is 578 g/mol. The highest BCUT2D eigenvalue weighted by atomic mass is 35.5. The number of carbonyl (C=O) groups is 4. The molecule has 2 aliphatic rings. The number of benzene rings is 3. The fraction of sp³-hybridized carbons (Fsp3) is 0.290. The van der Waals surface area contributed by atoms with Crippen LogP contribution in [0.5, 0.6) is 11.5 Å². The number of phenols is 2. The van der Waals surface area contributed by atoms with E-state index in [0.717, 1.165) is 4.90 Å². The highest BCUT2D eigenvalue weighted by molar-refractivity contribution is 6.34. The summed E-state index contributed by atoms with van der Waals surface area (Å²) in [7, 11) is 0. The van der Waals surface area contributed by atoms with Crippen LogP contribution in [0, 0.1) is 5.92 Å². The molecule has 3 aromatic carbocycles. The standard InChI is InChI=1S/C31H28ClNO8/c1-5-40-29(38)26(21-15-9-6-13-19(34)22(15)27(36)23-16(21)10-7-14-20(23)35)25-24-17(32)11-8-12-18(24)33(28(25)37)30(39)41-31(2,3)4/h6-14,21,25-26,34-35H,5H2,1-4H3/t25-,26-/m0/s1. The summed E-state index contributed by atoms with van der Waals surface area (Å²) in [4.78, 5) is 55.9. The molecule has 0 aromatic heterocycles.